The fourth-order valence-electron chi connectivity index (χ4n) is 3.04. The summed E-state index contributed by atoms with van der Waals surface area (Å²) in [6.07, 6.45) is 3.25. The van der Waals surface area contributed by atoms with Crippen molar-refractivity contribution in [2.75, 3.05) is 31.1 Å². The maximum absolute atomic E-state index is 12.5. The van der Waals surface area contributed by atoms with Crippen LogP contribution in [0.25, 0.3) is 11.1 Å². The Balaban J connectivity index is 1.52. The van der Waals surface area contributed by atoms with Crippen LogP contribution in [-0.2, 0) is 0 Å². The Hall–Kier alpha value is -3.09. The predicted octanol–water partition coefficient (Wildman–Crippen LogP) is 1.48. The topological polar surface area (TPSA) is 82.4 Å². The summed E-state index contributed by atoms with van der Waals surface area (Å²) in [6, 6.07) is 9.08. The van der Waals surface area contributed by atoms with Crippen LogP contribution >= 0.6 is 0 Å². The number of nitrogens with one attached hydrogen (secondary N) is 1. The third kappa shape index (κ3) is 2.54. The van der Waals surface area contributed by atoms with Gasteiger partial charge in [-0.05, 0) is 24.3 Å². The van der Waals surface area contributed by atoms with Crippen molar-refractivity contribution in [3.8, 4) is 0 Å². The first-order valence-electron chi connectivity index (χ1n) is 7.78. The van der Waals surface area contributed by atoms with Gasteiger partial charge in [-0.15, -0.1) is 0 Å². The largest absolute Gasteiger partial charge is 0.417 e. The maximum Gasteiger partial charge on any atom is 0.417 e. The molecule has 1 N–H and O–H groups in total. The first-order valence-corrected chi connectivity index (χ1v) is 7.78. The van der Waals surface area contributed by atoms with Crippen LogP contribution in [0.5, 0.6) is 0 Å². The van der Waals surface area contributed by atoms with E-state index in [1.165, 1.54) is 0 Å². The fraction of sp³-hybridized carbons (Fsp3) is 0.235. The number of rotatable bonds is 2. The summed E-state index contributed by atoms with van der Waals surface area (Å²) >= 11 is 0. The SMILES string of the molecule is O=C(c1ccncc1)N1CCN(c2cccc3[nH]c(=O)oc23)CC1. The molecule has 122 valence electrons. The number of piperazine rings is 1. The summed E-state index contributed by atoms with van der Waals surface area (Å²) in [5.41, 5.74) is 2.78. The Morgan fingerprint density at radius 3 is 2.58 bits per heavy atom. The Bertz CT molecular complexity index is 924. The van der Waals surface area contributed by atoms with Gasteiger partial charge in [0.2, 0.25) is 0 Å². The standard InChI is InChI=1S/C17H16N4O3/c22-16(12-4-6-18-7-5-12)21-10-8-20(9-11-21)14-3-1-2-13-15(14)24-17(23)19-13/h1-7H,8-11H2,(H,19,23). The fourth-order valence-corrected chi connectivity index (χ4v) is 3.04. The Morgan fingerprint density at radius 1 is 1.08 bits per heavy atom. The van der Waals surface area contributed by atoms with E-state index in [1.54, 1.807) is 24.5 Å². The third-order valence-electron chi connectivity index (χ3n) is 4.26. The second-order valence-corrected chi connectivity index (χ2v) is 5.68. The molecule has 0 spiro atoms. The lowest BCUT2D eigenvalue weighted by Gasteiger charge is -2.36. The molecule has 3 aromatic rings. The van der Waals surface area contributed by atoms with Crippen molar-refractivity contribution in [2.45, 2.75) is 0 Å². The lowest BCUT2D eigenvalue weighted by atomic mass is 10.2. The molecule has 0 bridgehead atoms. The molecule has 0 aliphatic carbocycles. The average molecular weight is 324 g/mol. The highest BCUT2D eigenvalue weighted by Gasteiger charge is 2.24. The molecule has 0 saturated carbocycles. The van der Waals surface area contributed by atoms with E-state index in [1.807, 2.05) is 23.1 Å². The number of oxazole rings is 1. The molecule has 24 heavy (non-hydrogen) atoms. The molecular formula is C17H16N4O3. The number of para-hydroxylation sites is 1. The number of benzene rings is 1. The zero-order chi connectivity index (χ0) is 16.5. The van der Waals surface area contributed by atoms with Crippen molar-refractivity contribution in [3.63, 3.8) is 0 Å². The van der Waals surface area contributed by atoms with Crippen molar-refractivity contribution < 1.29 is 9.21 Å². The van der Waals surface area contributed by atoms with E-state index in [4.69, 9.17) is 4.42 Å². The van der Waals surface area contributed by atoms with Gasteiger partial charge < -0.3 is 14.2 Å². The molecule has 2 aromatic heterocycles. The number of H-pyrrole nitrogens is 1. The van der Waals surface area contributed by atoms with Crippen LogP contribution in [0, 0.1) is 0 Å². The highest BCUT2D eigenvalue weighted by molar-refractivity contribution is 5.94. The number of nitrogens with zero attached hydrogens (tertiary/aromatic N) is 3. The number of aromatic nitrogens is 2. The molecule has 0 radical (unpaired) electrons. The van der Waals surface area contributed by atoms with Crippen molar-refractivity contribution >= 4 is 22.7 Å². The van der Waals surface area contributed by atoms with E-state index in [0.717, 1.165) is 5.69 Å². The molecule has 4 rings (SSSR count). The smallest absolute Gasteiger partial charge is 0.406 e. The molecule has 0 atom stereocenters. The van der Waals surface area contributed by atoms with Gasteiger partial charge in [0.1, 0.15) is 0 Å². The van der Waals surface area contributed by atoms with Gasteiger partial charge in [-0.3, -0.25) is 14.8 Å². The second kappa shape index (κ2) is 5.84. The number of carbonyl (C=O) groups excluding carboxylic acids is 1. The lowest BCUT2D eigenvalue weighted by Crippen LogP contribution is -2.48. The monoisotopic (exact) mass is 324 g/mol. The summed E-state index contributed by atoms with van der Waals surface area (Å²) in [6.45, 7) is 2.61. The molecule has 7 heteroatoms. The van der Waals surface area contributed by atoms with E-state index in [9.17, 15) is 9.59 Å². The lowest BCUT2D eigenvalue weighted by molar-refractivity contribution is 0.0746. The Kier molecular flexibility index (Phi) is 3.53. The average Bonchev–Trinajstić information content (AvgIpc) is 3.02. The van der Waals surface area contributed by atoms with Gasteiger partial charge in [0.15, 0.2) is 5.58 Å². The van der Waals surface area contributed by atoms with Crippen molar-refractivity contribution in [2.24, 2.45) is 0 Å². The minimum absolute atomic E-state index is 0.0171. The maximum atomic E-state index is 12.5. The van der Waals surface area contributed by atoms with Gasteiger partial charge in [0.05, 0.1) is 11.2 Å². The molecule has 1 amide bonds. The van der Waals surface area contributed by atoms with Gasteiger partial charge >= 0.3 is 5.76 Å². The first-order chi connectivity index (χ1) is 11.7. The molecule has 1 aliphatic heterocycles. The van der Waals surface area contributed by atoms with Gasteiger partial charge in [0.25, 0.3) is 5.91 Å². The molecule has 1 aliphatic rings. The van der Waals surface area contributed by atoms with Crippen LogP contribution in [0.1, 0.15) is 10.4 Å². The number of pyridine rings is 1. The summed E-state index contributed by atoms with van der Waals surface area (Å²) in [5, 5.41) is 0. The van der Waals surface area contributed by atoms with Crippen LogP contribution < -0.4 is 10.7 Å². The Labute approximate surface area is 137 Å². The molecule has 1 saturated heterocycles. The number of aromatic amines is 1. The van der Waals surface area contributed by atoms with Gasteiger partial charge in [-0.25, -0.2) is 4.79 Å². The minimum atomic E-state index is -0.455. The zero-order valence-corrected chi connectivity index (χ0v) is 12.9. The van der Waals surface area contributed by atoms with Crippen molar-refractivity contribution in [3.05, 3.63) is 58.8 Å². The second-order valence-electron chi connectivity index (χ2n) is 5.68. The van der Waals surface area contributed by atoms with Gasteiger partial charge in [-0.1, -0.05) is 6.07 Å². The molecule has 1 fully saturated rings. The first kappa shape index (κ1) is 14.5. The normalized spacial score (nSPS) is 15.0. The van der Waals surface area contributed by atoms with E-state index in [2.05, 4.69) is 14.9 Å². The molecule has 7 nitrogen and oxygen atoms in total. The van der Waals surface area contributed by atoms with Crippen LogP contribution in [-0.4, -0.2) is 47.0 Å². The van der Waals surface area contributed by atoms with Gasteiger partial charge in [-0.2, -0.15) is 0 Å². The molecular weight excluding hydrogens is 308 g/mol. The van der Waals surface area contributed by atoms with E-state index < -0.39 is 5.76 Å². The highest BCUT2D eigenvalue weighted by atomic mass is 16.4. The number of amides is 1. The van der Waals surface area contributed by atoms with Crippen LogP contribution in [0.4, 0.5) is 5.69 Å². The molecule has 3 heterocycles. The van der Waals surface area contributed by atoms with Crippen LogP contribution in [0.3, 0.4) is 0 Å². The van der Waals surface area contributed by atoms with Crippen LogP contribution in [0.2, 0.25) is 0 Å². The van der Waals surface area contributed by atoms with E-state index >= 15 is 0 Å². The van der Waals surface area contributed by atoms with Crippen molar-refractivity contribution in [1.82, 2.24) is 14.9 Å². The van der Waals surface area contributed by atoms with Crippen LogP contribution in [0.15, 0.2) is 51.9 Å². The minimum Gasteiger partial charge on any atom is -0.406 e. The number of anilines is 1. The quantitative estimate of drug-likeness (QED) is 0.772. The highest BCUT2D eigenvalue weighted by Crippen LogP contribution is 2.26. The summed E-state index contributed by atoms with van der Waals surface area (Å²) in [4.78, 5) is 34.5. The molecule has 0 unspecified atom stereocenters. The van der Waals surface area contributed by atoms with Crippen molar-refractivity contribution in [1.29, 1.82) is 0 Å². The summed E-state index contributed by atoms with van der Waals surface area (Å²) in [7, 11) is 0. The zero-order valence-electron chi connectivity index (χ0n) is 12.9. The van der Waals surface area contributed by atoms with E-state index in [-0.39, 0.29) is 5.91 Å². The third-order valence-corrected chi connectivity index (χ3v) is 4.26. The number of hydrogen-bond acceptors (Lipinski definition) is 5. The number of carbonyl (C=O) groups is 1. The predicted molar refractivity (Wildman–Crippen MR) is 89.2 cm³/mol. The summed E-state index contributed by atoms with van der Waals surface area (Å²) in [5.74, 6) is -0.438. The molecule has 1 aromatic carbocycles. The number of fused-ring (bicyclic) bond motifs is 1. The van der Waals surface area contributed by atoms with Gasteiger partial charge in [0, 0.05) is 44.1 Å². The number of hydrogen-bond donors (Lipinski definition) is 1. The summed E-state index contributed by atoms with van der Waals surface area (Å²) < 4.78 is 5.26. The Morgan fingerprint density at radius 2 is 1.83 bits per heavy atom. The van der Waals surface area contributed by atoms with E-state index in [0.29, 0.717) is 42.8 Å².